The van der Waals surface area contributed by atoms with Crippen molar-refractivity contribution in [1.29, 1.82) is 0 Å². The van der Waals surface area contributed by atoms with Crippen molar-refractivity contribution < 1.29 is 37.0 Å². The highest BCUT2D eigenvalue weighted by molar-refractivity contribution is 5.93. The first-order valence-electron chi connectivity index (χ1n) is 11.5. The fourth-order valence-corrected chi connectivity index (χ4v) is 4.23. The number of benzene rings is 1. The number of hydrogen-bond acceptors (Lipinski definition) is 7. The van der Waals surface area contributed by atoms with Gasteiger partial charge < -0.3 is 20.9 Å². The monoisotopic (exact) mass is 544 g/mol. The van der Waals surface area contributed by atoms with Crippen molar-refractivity contribution in [3.05, 3.63) is 77.8 Å². The molecule has 4 aromatic rings. The Hall–Kier alpha value is -4.59. The number of imidazole rings is 1. The number of nitrogens with two attached hydrogens (primary N) is 1. The maximum absolute atomic E-state index is 14.5. The number of nitrogens with one attached hydrogen (secondary N) is 1. The molecule has 5 rings (SSSR count). The SMILES string of the molecule is C[C@]1(C(N)=O)COc2c1cc([C@@](O)(CNC(=O)c1cnc3ncccn13)C(F)(F)F)nc2-c1ccc(F)cc1. The highest BCUT2D eigenvalue weighted by Gasteiger charge is 2.57. The molecule has 0 saturated heterocycles. The van der Waals surface area contributed by atoms with E-state index in [9.17, 15) is 32.3 Å². The largest absolute Gasteiger partial charge is 0.489 e. The van der Waals surface area contributed by atoms with E-state index in [0.29, 0.717) is 0 Å². The summed E-state index contributed by atoms with van der Waals surface area (Å²) in [6, 6.07) is 7.05. The summed E-state index contributed by atoms with van der Waals surface area (Å²) >= 11 is 0. The van der Waals surface area contributed by atoms with E-state index in [1.807, 2.05) is 0 Å². The van der Waals surface area contributed by atoms with Crippen LogP contribution in [0.15, 0.2) is 55.0 Å². The van der Waals surface area contributed by atoms with Gasteiger partial charge in [-0.2, -0.15) is 13.2 Å². The second-order valence-electron chi connectivity index (χ2n) is 9.20. The standard InChI is InChI=1S/C25H20F4N6O4/c1-23(21(30)37)12-39-19-15(23)9-17(34-18(19)13-3-5-14(26)6-4-13)24(38,25(27,28)29)11-33-20(36)16-10-32-22-31-7-2-8-35(16)22/h2-10,38H,11-12H2,1H3,(H2,30,37)(H,33,36)/t23-,24-/m0/s1. The first-order chi connectivity index (χ1) is 18.3. The van der Waals surface area contributed by atoms with Crippen LogP contribution in [0.5, 0.6) is 5.75 Å². The fraction of sp³-hybridized carbons (Fsp3) is 0.240. The van der Waals surface area contributed by atoms with Crippen LogP contribution in [0.3, 0.4) is 0 Å². The number of alkyl halides is 3. The van der Waals surface area contributed by atoms with Gasteiger partial charge in [-0.1, -0.05) is 0 Å². The molecule has 4 heterocycles. The number of ether oxygens (including phenoxy) is 1. The van der Waals surface area contributed by atoms with Crippen LogP contribution in [0, 0.1) is 5.82 Å². The minimum absolute atomic E-state index is 0.0292. The van der Waals surface area contributed by atoms with Crippen LogP contribution in [0.1, 0.15) is 28.7 Å². The molecule has 0 saturated carbocycles. The van der Waals surface area contributed by atoms with Gasteiger partial charge in [0.15, 0.2) is 0 Å². The molecule has 4 N–H and O–H groups in total. The Bertz CT molecular complexity index is 1610. The van der Waals surface area contributed by atoms with E-state index < -0.39 is 47.1 Å². The van der Waals surface area contributed by atoms with Crippen molar-refractivity contribution in [2.45, 2.75) is 24.1 Å². The molecule has 3 aromatic heterocycles. The third kappa shape index (κ3) is 4.22. The van der Waals surface area contributed by atoms with Gasteiger partial charge >= 0.3 is 6.18 Å². The second kappa shape index (κ2) is 9.01. The fourth-order valence-electron chi connectivity index (χ4n) is 4.23. The van der Waals surface area contributed by atoms with Crippen molar-refractivity contribution in [3.63, 3.8) is 0 Å². The summed E-state index contributed by atoms with van der Waals surface area (Å²) < 4.78 is 63.9. The number of amides is 2. The average Bonchev–Trinajstić information content (AvgIpc) is 3.49. The predicted molar refractivity (Wildman–Crippen MR) is 127 cm³/mol. The van der Waals surface area contributed by atoms with Crippen LogP contribution >= 0.6 is 0 Å². The summed E-state index contributed by atoms with van der Waals surface area (Å²) in [4.78, 5) is 37.0. The summed E-state index contributed by atoms with van der Waals surface area (Å²) in [5, 5.41) is 13.2. The topological polar surface area (TPSA) is 145 Å². The van der Waals surface area contributed by atoms with Crippen LogP contribution < -0.4 is 15.8 Å². The molecule has 0 spiro atoms. The molecule has 14 heteroatoms. The molecule has 2 amide bonds. The van der Waals surface area contributed by atoms with Crippen LogP contribution in [0.25, 0.3) is 17.0 Å². The quantitative estimate of drug-likeness (QED) is 0.316. The van der Waals surface area contributed by atoms with E-state index in [1.165, 1.54) is 41.9 Å². The number of carbonyl (C=O) groups excluding carboxylic acids is 2. The number of hydrogen-bond donors (Lipinski definition) is 3. The number of aromatic nitrogens is 4. The number of nitrogens with zero attached hydrogens (tertiary/aromatic N) is 4. The lowest BCUT2D eigenvalue weighted by atomic mass is 9.81. The molecular weight excluding hydrogens is 524 g/mol. The van der Waals surface area contributed by atoms with Crippen molar-refractivity contribution in [3.8, 4) is 17.0 Å². The number of pyridine rings is 1. The molecule has 1 aliphatic heterocycles. The lowest BCUT2D eigenvalue weighted by Crippen LogP contribution is -2.52. The van der Waals surface area contributed by atoms with Gasteiger partial charge in [0, 0.05) is 23.5 Å². The maximum atomic E-state index is 14.5. The molecule has 10 nitrogen and oxygen atoms in total. The molecule has 1 aliphatic rings. The zero-order valence-electron chi connectivity index (χ0n) is 20.2. The third-order valence-corrected chi connectivity index (χ3v) is 6.65. The van der Waals surface area contributed by atoms with Crippen LogP contribution in [-0.4, -0.2) is 55.6 Å². The van der Waals surface area contributed by atoms with Gasteiger partial charge in [-0.15, -0.1) is 0 Å². The summed E-state index contributed by atoms with van der Waals surface area (Å²) in [5.41, 5.74) is -0.810. The highest BCUT2D eigenvalue weighted by Crippen LogP contribution is 2.47. The minimum Gasteiger partial charge on any atom is -0.489 e. The molecule has 0 fully saturated rings. The molecule has 39 heavy (non-hydrogen) atoms. The van der Waals surface area contributed by atoms with Crippen molar-refractivity contribution in [2.75, 3.05) is 13.2 Å². The first-order valence-corrected chi connectivity index (χ1v) is 11.5. The Kier molecular flexibility index (Phi) is 6.01. The van der Waals surface area contributed by atoms with E-state index in [4.69, 9.17) is 10.5 Å². The normalized spacial score (nSPS) is 18.3. The van der Waals surface area contributed by atoms with Gasteiger partial charge in [-0.05, 0) is 43.3 Å². The Morgan fingerprint density at radius 2 is 1.95 bits per heavy atom. The smallest absolute Gasteiger partial charge is 0.424 e. The Morgan fingerprint density at radius 3 is 2.62 bits per heavy atom. The molecule has 2 atom stereocenters. The number of carbonyl (C=O) groups is 2. The molecule has 0 unspecified atom stereocenters. The molecule has 1 aromatic carbocycles. The summed E-state index contributed by atoms with van der Waals surface area (Å²) in [6.07, 6.45) is -1.35. The summed E-state index contributed by atoms with van der Waals surface area (Å²) in [5.74, 6) is -2.34. The van der Waals surface area contributed by atoms with E-state index in [2.05, 4.69) is 20.3 Å². The Balaban J connectivity index is 1.61. The van der Waals surface area contributed by atoms with Crippen molar-refractivity contribution in [2.24, 2.45) is 5.73 Å². The summed E-state index contributed by atoms with van der Waals surface area (Å²) in [7, 11) is 0. The lowest BCUT2D eigenvalue weighted by Gasteiger charge is -2.31. The molecule has 0 bridgehead atoms. The zero-order valence-corrected chi connectivity index (χ0v) is 20.2. The lowest BCUT2D eigenvalue weighted by molar-refractivity contribution is -0.265. The van der Waals surface area contributed by atoms with E-state index in [0.717, 1.165) is 24.4 Å². The number of halogens is 4. The van der Waals surface area contributed by atoms with Crippen molar-refractivity contribution >= 4 is 17.6 Å². The Labute approximate surface area is 217 Å². The van der Waals surface area contributed by atoms with Gasteiger partial charge in [0.25, 0.3) is 5.91 Å². The second-order valence-corrected chi connectivity index (χ2v) is 9.20. The predicted octanol–water partition coefficient (Wildman–Crippen LogP) is 2.25. The highest BCUT2D eigenvalue weighted by atomic mass is 19.4. The van der Waals surface area contributed by atoms with Gasteiger partial charge in [0.2, 0.25) is 17.3 Å². The van der Waals surface area contributed by atoms with Gasteiger partial charge in [0.1, 0.15) is 35.0 Å². The minimum atomic E-state index is -5.34. The maximum Gasteiger partial charge on any atom is 0.424 e. The Morgan fingerprint density at radius 1 is 1.23 bits per heavy atom. The van der Waals surface area contributed by atoms with Gasteiger partial charge in [-0.3, -0.25) is 14.0 Å². The van der Waals surface area contributed by atoms with Crippen LogP contribution in [-0.2, 0) is 15.8 Å². The molecule has 0 aliphatic carbocycles. The third-order valence-electron chi connectivity index (χ3n) is 6.65. The average molecular weight is 544 g/mol. The number of fused-ring (bicyclic) bond motifs is 2. The van der Waals surface area contributed by atoms with Crippen LogP contribution in [0.4, 0.5) is 17.6 Å². The summed E-state index contributed by atoms with van der Waals surface area (Å²) in [6.45, 7) is -0.251. The van der Waals surface area contributed by atoms with Gasteiger partial charge in [0.05, 0.1) is 18.4 Å². The van der Waals surface area contributed by atoms with E-state index in [1.54, 1.807) is 0 Å². The number of primary amides is 1. The molecule has 202 valence electrons. The van der Waals surface area contributed by atoms with E-state index >= 15 is 0 Å². The molecular formula is C25H20F4N6O4. The van der Waals surface area contributed by atoms with E-state index in [-0.39, 0.29) is 40.6 Å². The van der Waals surface area contributed by atoms with Crippen molar-refractivity contribution in [1.82, 2.24) is 24.7 Å². The number of rotatable bonds is 6. The van der Waals surface area contributed by atoms with Crippen LogP contribution in [0.2, 0.25) is 0 Å². The van der Waals surface area contributed by atoms with Gasteiger partial charge in [-0.25, -0.2) is 19.3 Å². The number of aliphatic hydroxyl groups is 1. The first kappa shape index (κ1) is 26.0. The molecule has 0 radical (unpaired) electrons. The zero-order chi connectivity index (χ0) is 28.2.